The number of guanidine groups is 1. The van der Waals surface area contributed by atoms with Gasteiger partial charge in [-0.05, 0) is 37.3 Å². The Kier molecular flexibility index (Phi) is 9.07. The van der Waals surface area contributed by atoms with Crippen molar-refractivity contribution in [3.63, 3.8) is 0 Å². The summed E-state index contributed by atoms with van der Waals surface area (Å²) in [5, 5.41) is 4.48. The standard InChI is InChI=1S/C22H32ClN3O3.HI/c1-24-21(26-10-14-29-20(15-26)19-7-4-11-28-19)25-16-22(8-12-27-13-9-22)17-5-2-3-6-18(17)23;/h2-3,5-6,19-20H,4,7-16H2,1H3,(H,24,25);1H. The van der Waals surface area contributed by atoms with Crippen LogP contribution in [-0.4, -0.2) is 76.2 Å². The molecule has 1 aromatic rings. The van der Waals surface area contributed by atoms with Crippen LogP contribution < -0.4 is 5.32 Å². The van der Waals surface area contributed by atoms with E-state index in [2.05, 4.69) is 27.3 Å². The number of morpholine rings is 1. The monoisotopic (exact) mass is 549 g/mol. The Morgan fingerprint density at radius 2 is 1.93 bits per heavy atom. The molecule has 0 aromatic heterocycles. The SMILES string of the molecule is CN=C(NCC1(c2ccccc2Cl)CCOCC1)N1CCOC(C2CCCO2)C1.I. The summed E-state index contributed by atoms with van der Waals surface area (Å²) in [5.41, 5.74) is 1.15. The molecule has 1 aromatic carbocycles. The fraction of sp³-hybridized carbons (Fsp3) is 0.682. The van der Waals surface area contributed by atoms with E-state index in [1.54, 1.807) is 0 Å². The van der Waals surface area contributed by atoms with Crippen molar-refractivity contribution in [2.45, 2.75) is 43.3 Å². The summed E-state index contributed by atoms with van der Waals surface area (Å²) >= 11 is 6.60. The van der Waals surface area contributed by atoms with E-state index in [-0.39, 0.29) is 41.6 Å². The van der Waals surface area contributed by atoms with Gasteiger partial charge >= 0.3 is 0 Å². The number of ether oxygens (including phenoxy) is 3. The number of benzene rings is 1. The maximum Gasteiger partial charge on any atom is 0.193 e. The van der Waals surface area contributed by atoms with E-state index in [1.807, 2.05) is 19.2 Å². The second kappa shape index (κ2) is 11.3. The zero-order valence-corrected chi connectivity index (χ0v) is 20.7. The molecule has 3 saturated heterocycles. The van der Waals surface area contributed by atoms with Crippen molar-refractivity contribution in [2.24, 2.45) is 4.99 Å². The third-order valence-electron chi connectivity index (χ3n) is 6.46. The molecule has 0 amide bonds. The van der Waals surface area contributed by atoms with Crippen molar-refractivity contribution in [1.29, 1.82) is 0 Å². The van der Waals surface area contributed by atoms with Crippen LogP contribution in [0.25, 0.3) is 0 Å². The van der Waals surface area contributed by atoms with E-state index in [1.165, 1.54) is 5.56 Å². The molecule has 0 spiro atoms. The molecule has 2 atom stereocenters. The molecule has 2 unspecified atom stereocenters. The van der Waals surface area contributed by atoms with Crippen molar-refractivity contribution >= 4 is 41.5 Å². The van der Waals surface area contributed by atoms with Gasteiger partial charge < -0.3 is 24.4 Å². The average molecular weight is 550 g/mol. The lowest BCUT2D eigenvalue weighted by Crippen LogP contribution is -2.55. The Labute approximate surface area is 201 Å². The van der Waals surface area contributed by atoms with Crippen LogP contribution in [0.15, 0.2) is 29.3 Å². The van der Waals surface area contributed by atoms with Gasteiger partial charge in [-0.2, -0.15) is 0 Å². The predicted octanol–water partition coefficient (Wildman–Crippen LogP) is 3.46. The molecule has 0 saturated carbocycles. The van der Waals surface area contributed by atoms with Crippen LogP contribution in [0.4, 0.5) is 0 Å². The molecule has 3 aliphatic rings. The van der Waals surface area contributed by atoms with Crippen molar-refractivity contribution in [3.05, 3.63) is 34.9 Å². The summed E-state index contributed by atoms with van der Waals surface area (Å²) in [6.07, 6.45) is 4.43. The Bertz CT molecular complexity index is 709. The number of aliphatic imine (C=N–C) groups is 1. The quantitative estimate of drug-likeness (QED) is 0.354. The van der Waals surface area contributed by atoms with Gasteiger partial charge in [-0.15, -0.1) is 24.0 Å². The molecule has 1 N–H and O–H groups in total. The smallest absolute Gasteiger partial charge is 0.193 e. The third kappa shape index (κ3) is 5.41. The maximum atomic E-state index is 6.60. The molecule has 8 heteroatoms. The lowest BCUT2D eigenvalue weighted by Gasteiger charge is -2.41. The Morgan fingerprint density at radius 3 is 2.63 bits per heavy atom. The number of rotatable bonds is 4. The van der Waals surface area contributed by atoms with Gasteiger partial charge in [0.25, 0.3) is 0 Å². The van der Waals surface area contributed by atoms with Gasteiger partial charge in [0, 0.05) is 56.9 Å². The number of hydrogen-bond acceptors (Lipinski definition) is 4. The predicted molar refractivity (Wildman–Crippen MR) is 130 cm³/mol. The van der Waals surface area contributed by atoms with Gasteiger partial charge in [0.15, 0.2) is 5.96 Å². The number of nitrogens with one attached hydrogen (secondary N) is 1. The molecule has 4 rings (SSSR count). The van der Waals surface area contributed by atoms with Crippen LogP contribution in [0.3, 0.4) is 0 Å². The highest BCUT2D eigenvalue weighted by Gasteiger charge is 2.37. The zero-order valence-electron chi connectivity index (χ0n) is 17.6. The van der Waals surface area contributed by atoms with Gasteiger partial charge in [-0.1, -0.05) is 29.8 Å². The summed E-state index contributed by atoms with van der Waals surface area (Å²) in [6, 6.07) is 8.20. The minimum Gasteiger partial charge on any atom is -0.381 e. The first kappa shape index (κ1) is 24.0. The largest absolute Gasteiger partial charge is 0.381 e. The van der Waals surface area contributed by atoms with Crippen LogP contribution in [0.2, 0.25) is 5.02 Å². The van der Waals surface area contributed by atoms with Gasteiger partial charge in [-0.3, -0.25) is 4.99 Å². The van der Waals surface area contributed by atoms with Crippen molar-refractivity contribution in [1.82, 2.24) is 10.2 Å². The second-order valence-corrected chi connectivity index (χ2v) is 8.59. The average Bonchev–Trinajstić information content (AvgIpc) is 3.30. The molecule has 6 nitrogen and oxygen atoms in total. The lowest BCUT2D eigenvalue weighted by atomic mass is 9.74. The topological polar surface area (TPSA) is 55.3 Å². The Hall–Kier alpha value is -0.610. The summed E-state index contributed by atoms with van der Waals surface area (Å²) < 4.78 is 17.5. The van der Waals surface area contributed by atoms with Gasteiger partial charge in [0.1, 0.15) is 6.10 Å². The van der Waals surface area contributed by atoms with Crippen LogP contribution >= 0.6 is 35.6 Å². The molecule has 0 bridgehead atoms. The minimum atomic E-state index is -0.0488. The lowest BCUT2D eigenvalue weighted by molar-refractivity contribution is -0.0817. The van der Waals surface area contributed by atoms with E-state index in [0.29, 0.717) is 6.61 Å². The van der Waals surface area contributed by atoms with Crippen LogP contribution in [0.5, 0.6) is 0 Å². The molecule has 0 radical (unpaired) electrons. The van der Waals surface area contributed by atoms with Crippen molar-refractivity contribution in [3.8, 4) is 0 Å². The number of nitrogens with zero attached hydrogens (tertiary/aromatic N) is 2. The highest BCUT2D eigenvalue weighted by Crippen LogP contribution is 2.38. The van der Waals surface area contributed by atoms with E-state index >= 15 is 0 Å². The molecular weight excluding hydrogens is 517 g/mol. The first-order valence-corrected chi connectivity index (χ1v) is 11.1. The first-order valence-electron chi connectivity index (χ1n) is 10.7. The number of hydrogen-bond donors (Lipinski definition) is 1. The maximum absolute atomic E-state index is 6.60. The summed E-state index contributed by atoms with van der Waals surface area (Å²) in [6.45, 7) is 5.50. The second-order valence-electron chi connectivity index (χ2n) is 8.18. The third-order valence-corrected chi connectivity index (χ3v) is 6.79. The Balaban J connectivity index is 0.00000256. The molecule has 0 aliphatic carbocycles. The van der Waals surface area contributed by atoms with E-state index in [4.69, 9.17) is 25.8 Å². The summed E-state index contributed by atoms with van der Waals surface area (Å²) in [5.74, 6) is 0.925. The highest BCUT2D eigenvalue weighted by molar-refractivity contribution is 14.0. The van der Waals surface area contributed by atoms with Crippen LogP contribution in [0.1, 0.15) is 31.2 Å². The van der Waals surface area contributed by atoms with Crippen molar-refractivity contribution < 1.29 is 14.2 Å². The normalized spacial score (nSPS) is 26.9. The van der Waals surface area contributed by atoms with E-state index in [0.717, 1.165) is 76.1 Å². The molecule has 3 heterocycles. The molecule has 3 fully saturated rings. The molecular formula is C22H33ClIN3O3. The zero-order chi connectivity index (χ0) is 20.1. The Morgan fingerprint density at radius 1 is 1.17 bits per heavy atom. The minimum absolute atomic E-state index is 0. The first-order chi connectivity index (χ1) is 14.2. The summed E-state index contributed by atoms with van der Waals surface area (Å²) in [4.78, 5) is 6.88. The van der Waals surface area contributed by atoms with Crippen LogP contribution in [-0.2, 0) is 19.6 Å². The van der Waals surface area contributed by atoms with Crippen molar-refractivity contribution in [2.75, 3.05) is 53.1 Å². The fourth-order valence-corrected chi connectivity index (χ4v) is 5.10. The fourth-order valence-electron chi connectivity index (χ4n) is 4.76. The molecule has 3 aliphatic heterocycles. The highest BCUT2D eigenvalue weighted by atomic mass is 127. The molecule has 30 heavy (non-hydrogen) atoms. The number of halogens is 2. The van der Waals surface area contributed by atoms with Crippen LogP contribution in [0, 0.1) is 0 Å². The van der Waals surface area contributed by atoms with Gasteiger partial charge in [0.05, 0.1) is 12.7 Å². The van der Waals surface area contributed by atoms with E-state index < -0.39 is 0 Å². The van der Waals surface area contributed by atoms with E-state index in [9.17, 15) is 0 Å². The van der Waals surface area contributed by atoms with Gasteiger partial charge in [0.2, 0.25) is 0 Å². The molecule has 168 valence electrons. The van der Waals surface area contributed by atoms with Gasteiger partial charge in [-0.25, -0.2) is 0 Å². The summed E-state index contributed by atoms with van der Waals surface area (Å²) in [7, 11) is 1.85.